The van der Waals surface area contributed by atoms with E-state index in [9.17, 15) is 4.79 Å². The van der Waals surface area contributed by atoms with Crippen molar-refractivity contribution >= 4 is 5.97 Å². The lowest BCUT2D eigenvalue weighted by Gasteiger charge is -2.20. The molecule has 1 atom stereocenters. The third-order valence-corrected chi connectivity index (χ3v) is 2.76. The molecule has 1 fully saturated rings. The summed E-state index contributed by atoms with van der Waals surface area (Å²) in [5.41, 5.74) is -0.181. The third kappa shape index (κ3) is 3.54. The van der Waals surface area contributed by atoms with Crippen LogP contribution in [0.5, 0.6) is 0 Å². The predicted molar refractivity (Wildman–Crippen MR) is 62.8 cm³/mol. The summed E-state index contributed by atoms with van der Waals surface area (Å²) in [6.07, 6.45) is 2.98. The number of ether oxygens (including phenoxy) is 2. The van der Waals surface area contributed by atoms with Crippen molar-refractivity contribution in [3.63, 3.8) is 0 Å². The summed E-state index contributed by atoms with van der Waals surface area (Å²) < 4.78 is 10.3. The first-order valence-electron chi connectivity index (χ1n) is 5.65. The normalized spacial score (nSPS) is 23.9. The number of allylic oxidation sites excluding steroid dienone is 1. The Morgan fingerprint density at radius 1 is 1.38 bits per heavy atom. The Morgan fingerprint density at radius 3 is 2.19 bits per heavy atom. The van der Waals surface area contributed by atoms with Crippen LogP contribution < -0.4 is 0 Å². The monoisotopic (exact) mass is 226 g/mol. The molecule has 0 spiro atoms. The second-order valence-electron chi connectivity index (χ2n) is 6.04. The van der Waals surface area contributed by atoms with Crippen LogP contribution in [0.15, 0.2) is 11.8 Å². The number of methoxy groups -OCH3 is 1. The van der Waals surface area contributed by atoms with Gasteiger partial charge in [-0.1, -0.05) is 13.8 Å². The van der Waals surface area contributed by atoms with Gasteiger partial charge in [0.15, 0.2) is 0 Å². The van der Waals surface area contributed by atoms with Crippen molar-refractivity contribution in [1.82, 2.24) is 0 Å². The van der Waals surface area contributed by atoms with Crippen LogP contribution in [-0.4, -0.2) is 18.7 Å². The highest BCUT2D eigenvalue weighted by atomic mass is 16.6. The second-order valence-corrected chi connectivity index (χ2v) is 6.04. The van der Waals surface area contributed by atoms with E-state index in [1.165, 1.54) is 7.11 Å². The third-order valence-electron chi connectivity index (χ3n) is 2.76. The molecule has 0 radical (unpaired) electrons. The lowest BCUT2D eigenvalue weighted by molar-refractivity contribution is -0.153. The van der Waals surface area contributed by atoms with Gasteiger partial charge in [-0.05, 0) is 44.6 Å². The summed E-state index contributed by atoms with van der Waals surface area (Å²) in [6, 6.07) is 0. The van der Waals surface area contributed by atoms with Crippen LogP contribution in [0.1, 0.15) is 41.0 Å². The van der Waals surface area contributed by atoms with Crippen LogP contribution in [0, 0.1) is 11.3 Å². The largest absolute Gasteiger partial charge is 0.490 e. The van der Waals surface area contributed by atoms with E-state index in [1.54, 1.807) is 0 Å². The van der Waals surface area contributed by atoms with Crippen LogP contribution in [0.25, 0.3) is 0 Å². The highest BCUT2D eigenvalue weighted by Crippen LogP contribution is 2.52. The summed E-state index contributed by atoms with van der Waals surface area (Å²) in [5.74, 6) is 0.373. The molecule has 0 amide bonds. The fraction of sp³-hybridized carbons (Fsp3) is 0.769. The van der Waals surface area contributed by atoms with E-state index in [1.807, 2.05) is 26.8 Å². The Kier molecular flexibility index (Phi) is 3.36. The molecule has 0 aromatic rings. The molecule has 3 nitrogen and oxygen atoms in total. The first kappa shape index (κ1) is 13.1. The van der Waals surface area contributed by atoms with Gasteiger partial charge in [-0.2, -0.15) is 0 Å². The smallest absolute Gasteiger partial charge is 0.373 e. The first-order chi connectivity index (χ1) is 7.15. The molecular weight excluding hydrogens is 204 g/mol. The zero-order valence-electron chi connectivity index (χ0n) is 11.1. The van der Waals surface area contributed by atoms with E-state index in [-0.39, 0.29) is 5.97 Å². The summed E-state index contributed by atoms with van der Waals surface area (Å²) in [4.78, 5) is 11.7. The van der Waals surface area contributed by atoms with E-state index in [2.05, 4.69) is 13.8 Å². The van der Waals surface area contributed by atoms with E-state index in [4.69, 9.17) is 9.47 Å². The van der Waals surface area contributed by atoms with E-state index in [0.29, 0.717) is 17.1 Å². The Morgan fingerprint density at radius 2 is 1.88 bits per heavy atom. The number of rotatable bonds is 3. The molecule has 16 heavy (non-hydrogen) atoms. The predicted octanol–water partition coefficient (Wildman–Crippen LogP) is 2.90. The van der Waals surface area contributed by atoms with Crippen molar-refractivity contribution in [2.24, 2.45) is 11.3 Å². The molecule has 0 heterocycles. The molecule has 1 aliphatic rings. The summed E-state index contributed by atoms with van der Waals surface area (Å²) in [5, 5.41) is 0. The average molecular weight is 226 g/mol. The minimum absolute atomic E-state index is 0.297. The van der Waals surface area contributed by atoms with E-state index in [0.717, 1.165) is 6.42 Å². The number of carbonyl (C=O) groups excluding carboxylic acids is 1. The molecule has 92 valence electrons. The minimum atomic E-state index is -0.478. The van der Waals surface area contributed by atoms with Gasteiger partial charge in [-0.25, -0.2) is 4.79 Å². The summed E-state index contributed by atoms with van der Waals surface area (Å²) in [6.45, 7) is 9.89. The molecule has 0 aliphatic heterocycles. The van der Waals surface area contributed by atoms with Crippen molar-refractivity contribution < 1.29 is 14.3 Å². The van der Waals surface area contributed by atoms with Gasteiger partial charge < -0.3 is 9.47 Å². The fourth-order valence-corrected chi connectivity index (χ4v) is 1.52. The molecule has 0 N–H and O–H groups in total. The summed E-state index contributed by atoms with van der Waals surface area (Å²) >= 11 is 0. The SMILES string of the molecule is CO/C(=C/C1CC1(C)C)C(=O)OC(C)(C)C. The molecule has 1 saturated carbocycles. The van der Waals surface area contributed by atoms with Gasteiger partial charge in [0.05, 0.1) is 7.11 Å². The van der Waals surface area contributed by atoms with Gasteiger partial charge in [-0.15, -0.1) is 0 Å². The molecule has 3 heteroatoms. The van der Waals surface area contributed by atoms with Crippen LogP contribution in [-0.2, 0) is 14.3 Å². The lowest BCUT2D eigenvalue weighted by Crippen LogP contribution is -2.25. The highest BCUT2D eigenvalue weighted by Gasteiger charge is 2.44. The van der Waals surface area contributed by atoms with Crippen molar-refractivity contribution in [2.75, 3.05) is 7.11 Å². The van der Waals surface area contributed by atoms with Crippen LogP contribution in [0.4, 0.5) is 0 Å². The van der Waals surface area contributed by atoms with Gasteiger partial charge in [0, 0.05) is 0 Å². The van der Waals surface area contributed by atoms with Crippen LogP contribution in [0.2, 0.25) is 0 Å². The standard InChI is InChI=1S/C13H22O3/c1-12(2,3)16-11(14)10(15-6)7-9-8-13(9,4)5/h7,9H,8H2,1-6H3/b10-7+. The minimum Gasteiger partial charge on any atom is -0.490 e. The van der Waals surface area contributed by atoms with Crippen molar-refractivity contribution in [2.45, 2.75) is 46.6 Å². The Bertz CT molecular complexity index is 308. The molecule has 1 aliphatic carbocycles. The second kappa shape index (κ2) is 4.11. The van der Waals surface area contributed by atoms with E-state index >= 15 is 0 Å². The molecular formula is C13H22O3. The van der Waals surface area contributed by atoms with Gasteiger partial charge in [0.1, 0.15) is 5.60 Å². The zero-order valence-corrected chi connectivity index (χ0v) is 11.1. The maximum Gasteiger partial charge on any atom is 0.373 e. The van der Waals surface area contributed by atoms with Crippen LogP contribution in [0.3, 0.4) is 0 Å². The van der Waals surface area contributed by atoms with Crippen LogP contribution >= 0.6 is 0 Å². The summed E-state index contributed by atoms with van der Waals surface area (Å²) in [7, 11) is 1.51. The maximum atomic E-state index is 11.7. The molecule has 1 unspecified atom stereocenters. The fourth-order valence-electron chi connectivity index (χ4n) is 1.52. The van der Waals surface area contributed by atoms with Gasteiger partial charge >= 0.3 is 5.97 Å². The zero-order chi connectivity index (χ0) is 12.6. The van der Waals surface area contributed by atoms with Crippen molar-refractivity contribution in [1.29, 1.82) is 0 Å². The maximum absolute atomic E-state index is 11.7. The highest BCUT2D eigenvalue weighted by molar-refractivity contribution is 5.86. The molecule has 0 bridgehead atoms. The number of hydrogen-bond acceptors (Lipinski definition) is 3. The Labute approximate surface area is 97.8 Å². The Balaban J connectivity index is 2.65. The number of hydrogen-bond donors (Lipinski definition) is 0. The lowest BCUT2D eigenvalue weighted by atomic mass is 10.1. The number of esters is 1. The van der Waals surface area contributed by atoms with E-state index < -0.39 is 5.60 Å². The molecule has 0 saturated heterocycles. The average Bonchev–Trinajstić information content (AvgIpc) is 2.66. The first-order valence-corrected chi connectivity index (χ1v) is 5.65. The Hall–Kier alpha value is -0.990. The van der Waals surface area contributed by atoms with Crippen molar-refractivity contribution in [3.05, 3.63) is 11.8 Å². The molecule has 0 aromatic heterocycles. The molecule has 1 rings (SSSR count). The molecule has 0 aromatic carbocycles. The number of carbonyl (C=O) groups is 1. The van der Waals surface area contributed by atoms with Gasteiger partial charge in [0.25, 0.3) is 0 Å². The van der Waals surface area contributed by atoms with Gasteiger partial charge in [-0.3, -0.25) is 0 Å². The quantitative estimate of drug-likeness (QED) is 0.421. The topological polar surface area (TPSA) is 35.5 Å². The van der Waals surface area contributed by atoms with Gasteiger partial charge in [0.2, 0.25) is 5.76 Å². The van der Waals surface area contributed by atoms with Crippen molar-refractivity contribution in [3.8, 4) is 0 Å².